The van der Waals surface area contributed by atoms with E-state index >= 15 is 0 Å². The highest BCUT2D eigenvalue weighted by Crippen LogP contribution is 2.48. The summed E-state index contributed by atoms with van der Waals surface area (Å²) in [5.41, 5.74) is 1.25. The molecule has 22 heavy (non-hydrogen) atoms. The lowest BCUT2D eigenvalue weighted by Crippen LogP contribution is -2.54. The molecule has 0 unspecified atom stereocenters. The summed E-state index contributed by atoms with van der Waals surface area (Å²) < 4.78 is 1.86. The smallest absolute Gasteiger partial charge is 0.223 e. The lowest BCUT2D eigenvalue weighted by atomic mass is 9.74. The number of carbonyl (C=O) groups excluding carboxylic acids is 1. The second-order valence-electron chi connectivity index (χ2n) is 7.50. The molecule has 0 bridgehead atoms. The second kappa shape index (κ2) is 5.08. The number of piperidine rings is 1. The highest BCUT2D eigenvalue weighted by Gasteiger charge is 2.53. The molecule has 1 aromatic rings. The Kier molecular flexibility index (Phi) is 3.29. The lowest BCUT2D eigenvalue weighted by molar-refractivity contribution is -0.130. The fourth-order valence-corrected chi connectivity index (χ4v) is 4.50. The third kappa shape index (κ3) is 2.26. The van der Waals surface area contributed by atoms with Crippen molar-refractivity contribution >= 4 is 5.91 Å². The Morgan fingerprint density at radius 1 is 1.27 bits per heavy atom. The number of aromatic nitrogens is 2. The van der Waals surface area contributed by atoms with E-state index in [4.69, 9.17) is 0 Å². The first-order valence-electron chi connectivity index (χ1n) is 8.56. The van der Waals surface area contributed by atoms with Crippen LogP contribution in [0.25, 0.3) is 0 Å². The maximum atomic E-state index is 12.4. The van der Waals surface area contributed by atoms with Crippen LogP contribution in [0.1, 0.15) is 43.6 Å². The second-order valence-corrected chi connectivity index (χ2v) is 7.50. The van der Waals surface area contributed by atoms with Gasteiger partial charge in [0.2, 0.25) is 5.91 Å². The molecule has 1 saturated carbocycles. The Balaban J connectivity index is 1.55. The highest BCUT2D eigenvalue weighted by atomic mass is 16.2. The summed E-state index contributed by atoms with van der Waals surface area (Å²) in [5.74, 6) is 1.55. The third-order valence-electron chi connectivity index (χ3n) is 6.13. The molecule has 4 rings (SSSR count). The standard InChI is InChI=1S/C17H26N4O/c1-19-12-14(10-18-19)15-9-16(22)20(2)17(15)5-7-21(8-6-17)11-13-3-4-13/h10,12-13,15H,3-9,11H2,1-2H3/t15-/m1/s1. The Labute approximate surface area is 132 Å². The molecular weight excluding hydrogens is 276 g/mol. The van der Waals surface area contributed by atoms with Crippen molar-refractivity contribution in [2.75, 3.05) is 26.7 Å². The molecule has 3 aliphatic rings. The number of rotatable bonds is 3. The summed E-state index contributed by atoms with van der Waals surface area (Å²) in [6, 6.07) is 0. The summed E-state index contributed by atoms with van der Waals surface area (Å²) in [5, 5.41) is 4.33. The van der Waals surface area contributed by atoms with Gasteiger partial charge in [-0.2, -0.15) is 5.10 Å². The molecule has 5 nitrogen and oxygen atoms in total. The van der Waals surface area contributed by atoms with Crippen LogP contribution in [0.4, 0.5) is 0 Å². The maximum Gasteiger partial charge on any atom is 0.223 e. The summed E-state index contributed by atoms with van der Waals surface area (Å²) in [7, 11) is 3.96. The van der Waals surface area contributed by atoms with E-state index in [1.54, 1.807) is 0 Å². The molecular formula is C17H26N4O. The van der Waals surface area contributed by atoms with Crippen molar-refractivity contribution < 1.29 is 4.79 Å². The van der Waals surface area contributed by atoms with Crippen LogP contribution < -0.4 is 0 Å². The van der Waals surface area contributed by atoms with Crippen molar-refractivity contribution in [2.45, 2.75) is 43.6 Å². The van der Waals surface area contributed by atoms with Gasteiger partial charge in [-0.15, -0.1) is 0 Å². The van der Waals surface area contributed by atoms with E-state index in [0.29, 0.717) is 18.2 Å². The van der Waals surface area contributed by atoms with Crippen LogP contribution >= 0.6 is 0 Å². The molecule has 120 valence electrons. The normalized spacial score (nSPS) is 28.7. The van der Waals surface area contributed by atoms with Gasteiger partial charge in [0, 0.05) is 52.3 Å². The van der Waals surface area contributed by atoms with Crippen LogP contribution in [-0.4, -0.2) is 57.7 Å². The first-order valence-corrected chi connectivity index (χ1v) is 8.56. The van der Waals surface area contributed by atoms with Crippen molar-refractivity contribution in [3.05, 3.63) is 18.0 Å². The molecule has 0 aromatic carbocycles. The van der Waals surface area contributed by atoms with Crippen LogP contribution in [-0.2, 0) is 11.8 Å². The number of hydrogen-bond donors (Lipinski definition) is 0. The molecule has 1 aliphatic carbocycles. The number of carbonyl (C=O) groups is 1. The molecule has 1 amide bonds. The Bertz CT molecular complexity index is 569. The number of nitrogens with zero attached hydrogens (tertiary/aromatic N) is 4. The number of aryl methyl sites for hydroxylation is 1. The topological polar surface area (TPSA) is 41.4 Å². The van der Waals surface area contributed by atoms with E-state index in [2.05, 4.69) is 21.1 Å². The van der Waals surface area contributed by atoms with Crippen molar-refractivity contribution in [1.82, 2.24) is 19.6 Å². The molecule has 5 heteroatoms. The summed E-state index contributed by atoms with van der Waals surface area (Å²) in [6.07, 6.45) is 9.72. The molecule has 2 aliphatic heterocycles. The van der Waals surface area contributed by atoms with Crippen LogP contribution in [0.5, 0.6) is 0 Å². The van der Waals surface area contributed by atoms with Crippen LogP contribution in [0, 0.1) is 5.92 Å². The minimum atomic E-state index is 0.0141. The Morgan fingerprint density at radius 3 is 2.59 bits per heavy atom. The summed E-state index contributed by atoms with van der Waals surface area (Å²) in [4.78, 5) is 17.1. The molecule has 1 spiro atoms. The van der Waals surface area contributed by atoms with Crippen LogP contribution in [0.3, 0.4) is 0 Å². The minimum Gasteiger partial charge on any atom is -0.339 e. The SMILES string of the molecule is CN1C(=O)C[C@H](c2cnn(C)c2)C12CCN(CC1CC1)CC2. The zero-order chi connectivity index (χ0) is 15.3. The van der Waals surface area contributed by atoms with Gasteiger partial charge in [-0.1, -0.05) is 0 Å². The van der Waals surface area contributed by atoms with Gasteiger partial charge in [0.1, 0.15) is 0 Å². The molecule has 2 saturated heterocycles. The molecule has 3 heterocycles. The fourth-order valence-electron chi connectivity index (χ4n) is 4.50. The zero-order valence-electron chi connectivity index (χ0n) is 13.7. The van der Waals surface area contributed by atoms with E-state index in [9.17, 15) is 4.79 Å². The molecule has 0 N–H and O–H groups in total. The first kappa shape index (κ1) is 14.2. The van der Waals surface area contributed by atoms with E-state index in [1.807, 2.05) is 25.0 Å². The van der Waals surface area contributed by atoms with Crippen molar-refractivity contribution in [3.8, 4) is 0 Å². The first-order chi connectivity index (χ1) is 10.6. The monoisotopic (exact) mass is 302 g/mol. The maximum absolute atomic E-state index is 12.4. The van der Waals surface area contributed by atoms with Crippen molar-refractivity contribution in [2.24, 2.45) is 13.0 Å². The Hall–Kier alpha value is -1.36. The van der Waals surface area contributed by atoms with E-state index in [1.165, 1.54) is 24.9 Å². The average molecular weight is 302 g/mol. The number of amides is 1. The molecule has 1 aromatic heterocycles. The lowest BCUT2D eigenvalue weighted by Gasteiger charge is -2.46. The predicted octanol–water partition coefficient (Wildman–Crippen LogP) is 1.61. The summed E-state index contributed by atoms with van der Waals surface area (Å²) in [6.45, 7) is 3.53. The fraction of sp³-hybridized carbons (Fsp3) is 0.765. The summed E-state index contributed by atoms with van der Waals surface area (Å²) >= 11 is 0. The Morgan fingerprint density at radius 2 is 2.00 bits per heavy atom. The predicted molar refractivity (Wildman–Crippen MR) is 84.5 cm³/mol. The van der Waals surface area contributed by atoms with Gasteiger partial charge in [0.15, 0.2) is 0 Å². The van der Waals surface area contributed by atoms with Gasteiger partial charge in [-0.3, -0.25) is 9.48 Å². The number of hydrogen-bond acceptors (Lipinski definition) is 3. The van der Waals surface area contributed by atoms with E-state index in [0.717, 1.165) is 31.8 Å². The van der Waals surface area contributed by atoms with Gasteiger partial charge in [0.25, 0.3) is 0 Å². The molecule has 1 atom stereocenters. The van der Waals surface area contributed by atoms with Crippen LogP contribution in [0.2, 0.25) is 0 Å². The minimum absolute atomic E-state index is 0.0141. The number of likely N-dealkylation sites (N-methyl/N-ethyl adjacent to an activating group) is 1. The van der Waals surface area contributed by atoms with Gasteiger partial charge in [-0.25, -0.2) is 0 Å². The molecule has 3 fully saturated rings. The third-order valence-corrected chi connectivity index (χ3v) is 6.13. The molecule has 0 radical (unpaired) electrons. The van der Waals surface area contributed by atoms with Gasteiger partial charge in [-0.05, 0) is 37.2 Å². The van der Waals surface area contributed by atoms with Gasteiger partial charge in [0.05, 0.1) is 11.7 Å². The largest absolute Gasteiger partial charge is 0.339 e. The highest BCUT2D eigenvalue weighted by molar-refractivity contribution is 5.81. The number of likely N-dealkylation sites (tertiary alicyclic amines) is 2. The quantitative estimate of drug-likeness (QED) is 0.852. The van der Waals surface area contributed by atoms with E-state index in [-0.39, 0.29) is 5.54 Å². The van der Waals surface area contributed by atoms with Crippen LogP contribution in [0.15, 0.2) is 12.4 Å². The van der Waals surface area contributed by atoms with Gasteiger partial charge >= 0.3 is 0 Å². The van der Waals surface area contributed by atoms with E-state index < -0.39 is 0 Å². The van der Waals surface area contributed by atoms with Crippen molar-refractivity contribution in [1.29, 1.82) is 0 Å². The van der Waals surface area contributed by atoms with Gasteiger partial charge < -0.3 is 9.80 Å². The average Bonchev–Trinajstić information content (AvgIpc) is 3.18. The van der Waals surface area contributed by atoms with Crippen molar-refractivity contribution in [3.63, 3.8) is 0 Å². The zero-order valence-corrected chi connectivity index (χ0v) is 13.7.